The molecule has 0 aromatic heterocycles. The number of hydrogen-bond acceptors (Lipinski definition) is 3. The van der Waals surface area contributed by atoms with Crippen molar-refractivity contribution in [2.45, 2.75) is 71.0 Å². The van der Waals surface area contributed by atoms with Gasteiger partial charge in [0.2, 0.25) is 0 Å². The maximum atomic E-state index is 4.71. The van der Waals surface area contributed by atoms with Crippen molar-refractivity contribution in [3.8, 4) is 0 Å². The molecule has 16 heavy (non-hydrogen) atoms. The van der Waals surface area contributed by atoms with Crippen molar-refractivity contribution in [3.63, 3.8) is 0 Å². The molecule has 2 nitrogen and oxygen atoms in total. The summed E-state index contributed by atoms with van der Waals surface area (Å²) in [6, 6.07) is 1.17. The third-order valence-corrected chi connectivity index (χ3v) is 3.81. The van der Waals surface area contributed by atoms with Crippen molar-refractivity contribution in [1.82, 2.24) is 9.80 Å². The lowest BCUT2D eigenvalue weighted by atomic mass is 9.97. The highest BCUT2D eigenvalue weighted by Crippen LogP contribution is 2.30. The van der Waals surface area contributed by atoms with Crippen LogP contribution in [0.15, 0.2) is 0 Å². The highest BCUT2D eigenvalue weighted by atomic mass is 32.1. The molecule has 0 aromatic carbocycles. The Labute approximate surface area is 107 Å². The van der Waals surface area contributed by atoms with Gasteiger partial charge in [-0.2, -0.15) is 12.6 Å². The summed E-state index contributed by atoms with van der Waals surface area (Å²) in [6.45, 7) is 18.2. The second-order valence-electron chi connectivity index (χ2n) is 6.67. The van der Waals surface area contributed by atoms with Crippen molar-refractivity contribution in [3.05, 3.63) is 0 Å². The van der Waals surface area contributed by atoms with Crippen LogP contribution in [0.5, 0.6) is 0 Å². The molecular formula is C13H28N2S. The van der Waals surface area contributed by atoms with Gasteiger partial charge >= 0.3 is 0 Å². The van der Waals surface area contributed by atoms with Crippen molar-refractivity contribution >= 4 is 12.6 Å². The van der Waals surface area contributed by atoms with Crippen LogP contribution in [-0.4, -0.2) is 45.4 Å². The average Bonchev–Trinajstić information content (AvgIpc) is 2.04. The quantitative estimate of drug-likeness (QED) is 0.709. The highest BCUT2D eigenvalue weighted by molar-refractivity contribution is 7.81. The summed E-state index contributed by atoms with van der Waals surface area (Å²) in [5.74, 6) is 0. The summed E-state index contributed by atoms with van der Waals surface area (Å²) in [5, 5.41) is 0. The maximum Gasteiger partial charge on any atom is 0.0586 e. The summed E-state index contributed by atoms with van der Waals surface area (Å²) < 4.78 is 0. The first-order valence-corrected chi connectivity index (χ1v) is 6.74. The van der Waals surface area contributed by atoms with Gasteiger partial charge < -0.3 is 0 Å². The van der Waals surface area contributed by atoms with Crippen LogP contribution < -0.4 is 0 Å². The zero-order valence-corrected chi connectivity index (χ0v) is 12.8. The van der Waals surface area contributed by atoms with E-state index in [4.69, 9.17) is 12.6 Å². The molecule has 0 N–H and O–H groups in total. The average molecular weight is 244 g/mol. The zero-order valence-electron chi connectivity index (χ0n) is 11.9. The van der Waals surface area contributed by atoms with Crippen molar-refractivity contribution < 1.29 is 0 Å². The van der Waals surface area contributed by atoms with Crippen molar-refractivity contribution in [2.24, 2.45) is 0 Å². The molecule has 0 bridgehead atoms. The summed E-state index contributed by atoms with van der Waals surface area (Å²) in [4.78, 5) is 5.09. The van der Waals surface area contributed by atoms with Crippen LogP contribution >= 0.6 is 12.6 Å². The largest absolute Gasteiger partial charge is 0.293 e. The predicted molar refractivity (Wildman–Crippen MR) is 75.2 cm³/mol. The van der Waals surface area contributed by atoms with Crippen LogP contribution in [-0.2, 0) is 0 Å². The summed E-state index contributed by atoms with van der Waals surface area (Å²) in [5.41, 5.74) is 0.264. The van der Waals surface area contributed by atoms with Gasteiger partial charge in [0.1, 0.15) is 0 Å². The van der Waals surface area contributed by atoms with E-state index >= 15 is 0 Å². The van der Waals surface area contributed by atoms with E-state index in [1.165, 1.54) is 0 Å². The molecule has 1 rings (SSSR count). The maximum absolute atomic E-state index is 4.71. The number of rotatable bonds is 1. The van der Waals surface area contributed by atoms with Gasteiger partial charge in [-0.3, -0.25) is 9.80 Å². The Hall–Kier alpha value is 0.270. The van der Waals surface area contributed by atoms with Gasteiger partial charge in [-0.15, -0.1) is 0 Å². The smallest absolute Gasteiger partial charge is 0.0586 e. The molecule has 0 radical (unpaired) electrons. The van der Waals surface area contributed by atoms with Gasteiger partial charge in [-0.1, -0.05) is 0 Å². The lowest BCUT2D eigenvalue weighted by Crippen LogP contribution is -2.64. The van der Waals surface area contributed by atoms with Crippen LogP contribution in [0, 0.1) is 0 Å². The molecular weight excluding hydrogens is 216 g/mol. The minimum absolute atomic E-state index is 0.0162. The monoisotopic (exact) mass is 244 g/mol. The van der Waals surface area contributed by atoms with Crippen LogP contribution in [0.4, 0.5) is 0 Å². The standard InChI is InChI=1S/C13H28N2S/c1-10-9-15(13(6,7)16)11(2)8-14(10)12(3,4)5/h10-11,16H,8-9H2,1-7H3/t10-,11+/m1/s1. The topological polar surface area (TPSA) is 6.48 Å². The molecule has 0 aromatic rings. The molecule has 1 aliphatic rings. The van der Waals surface area contributed by atoms with E-state index in [1.54, 1.807) is 0 Å². The van der Waals surface area contributed by atoms with Gasteiger partial charge in [0.25, 0.3) is 0 Å². The van der Waals surface area contributed by atoms with Crippen LogP contribution in [0.3, 0.4) is 0 Å². The van der Waals surface area contributed by atoms with E-state index < -0.39 is 0 Å². The Balaban J connectivity index is 2.79. The molecule has 0 aliphatic carbocycles. The molecule has 3 heteroatoms. The fraction of sp³-hybridized carbons (Fsp3) is 1.00. The Morgan fingerprint density at radius 2 is 1.25 bits per heavy atom. The fourth-order valence-electron chi connectivity index (χ4n) is 2.82. The Morgan fingerprint density at radius 3 is 1.62 bits per heavy atom. The summed E-state index contributed by atoms with van der Waals surface area (Å²) >= 11 is 4.71. The molecule has 0 saturated carbocycles. The number of nitrogens with zero attached hydrogens (tertiary/aromatic N) is 2. The van der Waals surface area contributed by atoms with E-state index in [-0.39, 0.29) is 10.4 Å². The first-order chi connectivity index (χ1) is 7.03. The molecule has 0 unspecified atom stereocenters. The normalized spacial score (nSPS) is 30.8. The van der Waals surface area contributed by atoms with E-state index in [0.717, 1.165) is 13.1 Å². The second kappa shape index (κ2) is 4.51. The molecule has 1 heterocycles. The van der Waals surface area contributed by atoms with Gasteiger partial charge in [0, 0.05) is 30.7 Å². The number of piperazine rings is 1. The lowest BCUT2D eigenvalue weighted by molar-refractivity contribution is -0.0298. The van der Waals surface area contributed by atoms with E-state index in [1.807, 2.05) is 0 Å². The summed E-state index contributed by atoms with van der Waals surface area (Å²) in [6.07, 6.45) is 0. The second-order valence-corrected chi connectivity index (χ2v) is 7.76. The van der Waals surface area contributed by atoms with Crippen molar-refractivity contribution in [1.29, 1.82) is 0 Å². The first kappa shape index (κ1) is 14.3. The van der Waals surface area contributed by atoms with E-state index in [9.17, 15) is 0 Å². The van der Waals surface area contributed by atoms with Gasteiger partial charge in [0.15, 0.2) is 0 Å². The predicted octanol–water partition coefficient (Wildman–Crippen LogP) is 2.85. The minimum Gasteiger partial charge on any atom is -0.293 e. The Morgan fingerprint density at radius 1 is 0.875 bits per heavy atom. The molecule has 0 spiro atoms. The van der Waals surface area contributed by atoms with Crippen LogP contribution in [0.1, 0.15) is 48.5 Å². The molecule has 2 atom stereocenters. The third-order valence-electron chi connectivity index (χ3n) is 3.55. The van der Waals surface area contributed by atoms with Gasteiger partial charge in [-0.25, -0.2) is 0 Å². The number of thiol groups is 1. The third kappa shape index (κ3) is 3.14. The van der Waals surface area contributed by atoms with Crippen molar-refractivity contribution in [2.75, 3.05) is 13.1 Å². The minimum atomic E-state index is -0.0162. The molecule has 0 amide bonds. The Bertz CT molecular complexity index is 213. The SMILES string of the molecule is C[C@@H]1CN(C(C)(C)S)[C@@H](C)CN1C(C)(C)C. The van der Waals surface area contributed by atoms with Gasteiger partial charge in [-0.05, 0) is 48.5 Å². The molecule has 1 aliphatic heterocycles. The molecule has 1 saturated heterocycles. The van der Waals surface area contributed by atoms with Crippen LogP contribution in [0.2, 0.25) is 0 Å². The fourth-order valence-corrected chi connectivity index (χ4v) is 3.10. The number of hydrogen-bond donors (Lipinski definition) is 1. The van der Waals surface area contributed by atoms with Gasteiger partial charge in [0.05, 0.1) is 4.87 Å². The molecule has 96 valence electrons. The zero-order chi connectivity index (χ0) is 12.7. The Kier molecular flexibility index (Phi) is 4.04. The summed E-state index contributed by atoms with van der Waals surface area (Å²) in [7, 11) is 0. The molecule has 1 fully saturated rings. The van der Waals surface area contributed by atoms with E-state index in [0.29, 0.717) is 12.1 Å². The van der Waals surface area contributed by atoms with E-state index in [2.05, 4.69) is 58.3 Å². The highest BCUT2D eigenvalue weighted by Gasteiger charge is 2.38. The first-order valence-electron chi connectivity index (χ1n) is 6.29. The van der Waals surface area contributed by atoms with Crippen LogP contribution in [0.25, 0.3) is 0 Å². The lowest BCUT2D eigenvalue weighted by Gasteiger charge is -2.53.